The summed E-state index contributed by atoms with van der Waals surface area (Å²) in [6.45, 7) is 3.16. The molecule has 2 heteroatoms. The number of ether oxygens (including phenoxy) is 1. The summed E-state index contributed by atoms with van der Waals surface area (Å²) in [5, 5.41) is 0. The normalized spacial score (nSPS) is 28.3. The molecule has 0 radical (unpaired) electrons. The Morgan fingerprint density at radius 3 is 2.63 bits per heavy atom. The summed E-state index contributed by atoms with van der Waals surface area (Å²) >= 11 is 0. The smallest absolute Gasteiger partial charge is 0.155 e. The fraction of sp³-hybridized carbons (Fsp3) is 0.824. The van der Waals surface area contributed by atoms with Gasteiger partial charge in [-0.3, -0.25) is 4.79 Å². The highest BCUT2D eigenvalue weighted by Gasteiger charge is 2.25. The van der Waals surface area contributed by atoms with Crippen LogP contribution in [-0.2, 0) is 9.53 Å². The van der Waals surface area contributed by atoms with Crippen molar-refractivity contribution in [1.29, 1.82) is 0 Å². The van der Waals surface area contributed by atoms with Crippen LogP contribution in [0.5, 0.6) is 0 Å². The van der Waals surface area contributed by atoms with Gasteiger partial charge in [0.25, 0.3) is 0 Å². The van der Waals surface area contributed by atoms with Crippen molar-refractivity contribution < 1.29 is 9.53 Å². The predicted molar refractivity (Wildman–Crippen MR) is 78.2 cm³/mol. The van der Waals surface area contributed by atoms with E-state index in [9.17, 15) is 4.79 Å². The van der Waals surface area contributed by atoms with Crippen molar-refractivity contribution in [2.45, 2.75) is 77.2 Å². The van der Waals surface area contributed by atoms with Crippen LogP contribution >= 0.6 is 0 Å². The van der Waals surface area contributed by atoms with Gasteiger partial charge in [-0.15, -0.1) is 0 Å². The van der Waals surface area contributed by atoms with E-state index in [1.807, 2.05) is 6.08 Å². The van der Waals surface area contributed by atoms with Crippen LogP contribution in [0.15, 0.2) is 11.6 Å². The first kappa shape index (κ1) is 14.8. The first-order chi connectivity index (χ1) is 9.29. The summed E-state index contributed by atoms with van der Waals surface area (Å²) in [6, 6.07) is 0. The molecule has 0 amide bonds. The van der Waals surface area contributed by atoms with E-state index in [1.165, 1.54) is 50.5 Å². The molecule has 0 aromatic rings. The van der Waals surface area contributed by atoms with Crippen LogP contribution < -0.4 is 0 Å². The number of rotatable bonds is 6. The minimum atomic E-state index is 0.346. The first-order valence-electron chi connectivity index (χ1n) is 8.14. The van der Waals surface area contributed by atoms with Gasteiger partial charge in [0.2, 0.25) is 0 Å². The van der Waals surface area contributed by atoms with Gasteiger partial charge in [-0.25, -0.2) is 0 Å². The molecule has 2 nitrogen and oxygen atoms in total. The highest BCUT2D eigenvalue weighted by molar-refractivity contribution is 5.91. The summed E-state index contributed by atoms with van der Waals surface area (Å²) in [6.07, 6.45) is 14.0. The van der Waals surface area contributed by atoms with Crippen molar-refractivity contribution in [1.82, 2.24) is 0 Å². The number of allylic oxidation sites excluding steroid dienone is 2. The fourth-order valence-corrected chi connectivity index (χ4v) is 3.34. The van der Waals surface area contributed by atoms with Crippen LogP contribution in [0.1, 0.15) is 71.1 Å². The standard InChI is InChI=1S/C17H28O2/c1-2-3-4-12-19-17-10-8-14(9-11-17)15-6-5-7-16(18)13-15/h13-14,17H,2-12H2,1H3/t14-,17-. The van der Waals surface area contributed by atoms with Gasteiger partial charge in [-0.05, 0) is 56.9 Å². The minimum Gasteiger partial charge on any atom is -0.378 e. The molecule has 0 bridgehead atoms. The van der Waals surface area contributed by atoms with Gasteiger partial charge >= 0.3 is 0 Å². The molecule has 0 spiro atoms. The van der Waals surface area contributed by atoms with E-state index in [0.717, 1.165) is 25.9 Å². The molecule has 1 saturated carbocycles. The maximum absolute atomic E-state index is 11.5. The quantitative estimate of drug-likeness (QED) is 0.663. The molecular formula is C17H28O2. The summed E-state index contributed by atoms with van der Waals surface area (Å²) < 4.78 is 5.96. The van der Waals surface area contributed by atoms with Gasteiger partial charge in [-0.2, -0.15) is 0 Å². The van der Waals surface area contributed by atoms with E-state index >= 15 is 0 Å². The lowest BCUT2D eigenvalue weighted by Gasteiger charge is -2.31. The van der Waals surface area contributed by atoms with Gasteiger partial charge in [0, 0.05) is 13.0 Å². The predicted octanol–water partition coefficient (Wildman–Crippen LogP) is 4.43. The number of carbonyl (C=O) groups is 1. The summed E-state index contributed by atoms with van der Waals surface area (Å²) in [7, 11) is 0. The van der Waals surface area contributed by atoms with E-state index in [1.54, 1.807) is 0 Å². The van der Waals surface area contributed by atoms with Crippen LogP contribution in [0.3, 0.4) is 0 Å². The Hall–Kier alpha value is -0.630. The average Bonchev–Trinajstić information content (AvgIpc) is 2.44. The lowest BCUT2D eigenvalue weighted by molar-refractivity contribution is -0.115. The zero-order valence-electron chi connectivity index (χ0n) is 12.3. The highest BCUT2D eigenvalue weighted by Crippen LogP contribution is 2.35. The van der Waals surface area contributed by atoms with Crippen molar-refractivity contribution in [3.63, 3.8) is 0 Å². The van der Waals surface area contributed by atoms with E-state index in [0.29, 0.717) is 17.8 Å². The Morgan fingerprint density at radius 2 is 1.95 bits per heavy atom. The van der Waals surface area contributed by atoms with Crippen molar-refractivity contribution in [2.75, 3.05) is 6.61 Å². The van der Waals surface area contributed by atoms with Crippen LogP contribution in [0.2, 0.25) is 0 Å². The van der Waals surface area contributed by atoms with Gasteiger partial charge in [0.15, 0.2) is 5.78 Å². The summed E-state index contributed by atoms with van der Waals surface area (Å²) in [5.74, 6) is 1.01. The first-order valence-corrected chi connectivity index (χ1v) is 8.14. The molecule has 0 heterocycles. The molecule has 1 fully saturated rings. The molecule has 0 atom stereocenters. The number of ketones is 1. The molecule has 0 saturated heterocycles. The van der Waals surface area contributed by atoms with Gasteiger partial charge < -0.3 is 4.74 Å². The molecule has 2 aliphatic rings. The zero-order valence-corrected chi connectivity index (χ0v) is 12.3. The molecular weight excluding hydrogens is 236 g/mol. The van der Waals surface area contributed by atoms with E-state index in [-0.39, 0.29) is 0 Å². The lowest BCUT2D eigenvalue weighted by Crippen LogP contribution is -2.24. The van der Waals surface area contributed by atoms with E-state index in [2.05, 4.69) is 6.92 Å². The monoisotopic (exact) mass is 264 g/mol. The van der Waals surface area contributed by atoms with Gasteiger partial charge in [-0.1, -0.05) is 25.3 Å². The zero-order chi connectivity index (χ0) is 13.5. The Labute approximate surface area is 117 Å². The lowest BCUT2D eigenvalue weighted by atomic mass is 9.78. The molecule has 0 aromatic heterocycles. The van der Waals surface area contributed by atoms with Crippen LogP contribution in [0.4, 0.5) is 0 Å². The maximum Gasteiger partial charge on any atom is 0.155 e. The van der Waals surface area contributed by atoms with Crippen molar-refractivity contribution in [2.24, 2.45) is 5.92 Å². The second kappa shape index (κ2) is 7.84. The van der Waals surface area contributed by atoms with Gasteiger partial charge in [0.1, 0.15) is 0 Å². The Kier molecular flexibility index (Phi) is 6.09. The third kappa shape index (κ3) is 4.76. The van der Waals surface area contributed by atoms with Crippen LogP contribution in [0, 0.1) is 5.92 Å². The molecule has 0 aliphatic heterocycles. The van der Waals surface area contributed by atoms with Crippen molar-refractivity contribution in [3.8, 4) is 0 Å². The SMILES string of the molecule is CCCCCO[C@H]1CC[C@H](C2=CC(=O)CCC2)CC1. The molecule has 19 heavy (non-hydrogen) atoms. The molecule has 0 unspecified atom stereocenters. The number of hydrogen-bond donors (Lipinski definition) is 0. The van der Waals surface area contributed by atoms with Crippen molar-refractivity contribution >= 4 is 5.78 Å². The second-order valence-corrected chi connectivity index (χ2v) is 6.09. The largest absolute Gasteiger partial charge is 0.378 e. The van der Waals surface area contributed by atoms with Gasteiger partial charge in [0.05, 0.1) is 6.10 Å². The Morgan fingerprint density at radius 1 is 1.16 bits per heavy atom. The molecule has 0 aromatic carbocycles. The summed E-state index contributed by atoms with van der Waals surface area (Å²) in [5.41, 5.74) is 1.43. The van der Waals surface area contributed by atoms with Crippen LogP contribution in [-0.4, -0.2) is 18.5 Å². The molecule has 0 N–H and O–H groups in total. The third-order valence-electron chi connectivity index (χ3n) is 4.54. The van der Waals surface area contributed by atoms with Crippen molar-refractivity contribution in [3.05, 3.63) is 11.6 Å². The number of carbonyl (C=O) groups excluding carboxylic acids is 1. The third-order valence-corrected chi connectivity index (χ3v) is 4.54. The molecule has 2 rings (SSSR count). The number of unbranched alkanes of at least 4 members (excludes halogenated alkanes) is 2. The second-order valence-electron chi connectivity index (χ2n) is 6.09. The number of hydrogen-bond acceptors (Lipinski definition) is 2. The van der Waals surface area contributed by atoms with E-state index in [4.69, 9.17) is 4.74 Å². The topological polar surface area (TPSA) is 26.3 Å². The van der Waals surface area contributed by atoms with E-state index < -0.39 is 0 Å². The average molecular weight is 264 g/mol. The Bertz CT molecular complexity index is 311. The molecule has 108 valence electrons. The molecule has 2 aliphatic carbocycles. The Balaban J connectivity index is 1.69. The van der Waals surface area contributed by atoms with Crippen LogP contribution in [0.25, 0.3) is 0 Å². The summed E-state index contributed by atoms with van der Waals surface area (Å²) in [4.78, 5) is 11.5. The fourth-order valence-electron chi connectivity index (χ4n) is 3.34. The maximum atomic E-state index is 11.5. The highest BCUT2D eigenvalue weighted by atomic mass is 16.5. The minimum absolute atomic E-state index is 0.346.